The Morgan fingerprint density at radius 1 is 0.860 bits per heavy atom. The molecule has 0 bridgehead atoms. The molecule has 0 unspecified atom stereocenters. The van der Waals surface area contributed by atoms with Crippen LogP contribution in [0, 0.1) is 0 Å². The van der Waals surface area contributed by atoms with Crippen LogP contribution < -0.4 is 14.4 Å². The molecule has 43 heavy (non-hydrogen) atoms. The van der Waals surface area contributed by atoms with Gasteiger partial charge in [-0.15, -0.1) is 0 Å². The van der Waals surface area contributed by atoms with Gasteiger partial charge >= 0.3 is 0 Å². The van der Waals surface area contributed by atoms with Crippen molar-refractivity contribution in [3.05, 3.63) is 125 Å². The molecular weight excluding hydrogens is 586 g/mol. The van der Waals surface area contributed by atoms with Gasteiger partial charge < -0.3 is 15.0 Å². The highest BCUT2D eigenvalue weighted by Crippen LogP contribution is 2.27. The van der Waals surface area contributed by atoms with Crippen molar-refractivity contribution in [1.29, 1.82) is 0 Å². The Labute approximate surface area is 257 Å². The molecule has 10 heteroatoms. The number of ether oxygens (including phenoxy) is 1. The second kappa shape index (κ2) is 14.7. The molecular formula is C33H34ClN3O5S. The number of carbonyl (C=O) groups excluding carboxylic acids is 2. The number of benzene rings is 4. The van der Waals surface area contributed by atoms with E-state index in [1.54, 1.807) is 68.6 Å². The first-order valence-corrected chi connectivity index (χ1v) is 15.6. The fourth-order valence-electron chi connectivity index (χ4n) is 4.69. The second-order valence-electron chi connectivity index (χ2n) is 9.78. The van der Waals surface area contributed by atoms with Crippen LogP contribution in [-0.2, 0) is 32.6 Å². The highest BCUT2D eigenvalue weighted by molar-refractivity contribution is 7.92. The van der Waals surface area contributed by atoms with Crippen LogP contribution in [-0.4, -0.2) is 51.4 Å². The zero-order chi connectivity index (χ0) is 30.8. The van der Waals surface area contributed by atoms with Crippen LogP contribution in [0.2, 0.25) is 5.02 Å². The fourth-order valence-corrected chi connectivity index (χ4v) is 6.30. The minimum absolute atomic E-state index is 0.0201. The van der Waals surface area contributed by atoms with Crippen molar-refractivity contribution in [2.45, 2.75) is 30.8 Å². The SMILES string of the molecule is CCNC(=O)[C@@H](Cc1ccccc1)N(Cc1cccc(OC)c1)C(=O)CN(c1cccc(Cl)c1)S(=O)(=O)c1ccccc1. The Kier molecular flexibility index (Phi) is 10.8. The number of hydrogen-bond donors (Lipinski definition) is 1. The van der Waals surface area contributed by atoms with Crippen molar-refractivity contribution < 1.29 is 22.7 Å². The maximum Gasteiger partial charge on any atom is 0.264 e. The zero-order valence-electron chi connectivity index (χ0n) is 24.0. The Balaban J connectivity index is 1.80. The molecule has 8 nitrogen and oxygen atoms in total. The fraction of sp³-hybridized carbons (Fsp3) is 0.212. The van der Waals surface area contributed by atoms with E-state index in [0.717, 1.165) is 15.4 Å². The van der Waals surface area contributed by atoms with Crippen LogP contribution in [0.1, 0.15) is 18.1 Å². The molecule has 2 amide bonds. The van der Waals surface area contributed by atoms with E-state index in [1.165, 1.54) is 23.1 Å². The van der Waals surface area contributed by atoms with E-state index in [0.29, 0.717) is 17.3 Å². The first kappa shape index (κ1) is 31.6. The third-order valence-electron chi connectivity index (χ3n) is 6.82. The Morgan fingerprint density at radius 3 is 2.16 bits per heavy atom. The van der Waals surface area contributed by atoms with Gasteiger partial charge in [-0.25, -0.2) is 8.42 Å². The summed E-state index contributed by atoms with van der Waals surface area (Å²) in [7, 11) is -2.64. The van der Waals surface area contributed by atoms with Crippen molar-refractivity contribution in [2.24, 2.45) is 0 Å². The number of halogens is 1. The first-order valence-electron chi connectivity index (χ1n) is 13.8. The van der Waals surface area contributed by atoms with Gasteiger partial charge in [0.1, 0.15) is 18.3 Å². The molecule has 0 aromatic heterocycles. The van der Waals surface area contributed by atoms with E-state index in [-0.39, 0.29) is 29.5 Å². The summed E-state index contributed by atoms with van der Waals surface area (Å²) < 4.78 is 34.3. The molecule has 1 N–H and O–H groups in total. The average Bonchev–Trinajstić information content (AvgIpc) is 3.02. The summed E-state index contributed by atoms with van der Waals surface area (Å²) in [5, 5.41) is 3.17. The molecule has 0 aliphatic carbocycles. The highest BCUT2D eigenvalue weighted by Gasteiger charge is 2.34. The van der Waals surface area contributed by atoms with Gasteiger partial charge in [0, 0.05) is 24.5 Å². The van der Waals surface area contributed by atoms with Crippen LogP contribution in [0.25, 0.3) is 0 Å². The monoisotopic (exact) mass is 619 g/mol. The Bertz CT molecular complexity index is 1630. The number of anilines is 1. The number of likely N-dealkylation sites (N-methyl/N-ethyl adjacent to an activating group) is 1. The van der Waals surface area contributed by atoms with Gasteiger partial charge in [-0.3, -0.25) is 13.9 Å². The first-order chi connectivity index (χ1) is 20.7. The second-order valence-corrected chi connectivity index (χ2v) is 12.1. The summed E-state index contributed by atoms with van der Waals surface area (Å²) in [6, 6.07) is 29.9. The van der Waals surface area contributed by atoms with E-state index in [2.05, 4.69) is 5.32 Å². The minimum Gasteiger partial charge on any atom is -0.497 e. The lowest BCUT2D eigenvalue weighted by molar-refractivity contribution is -0.140. The molecule has 4 rings (SSSR count). The van der Waals surface area contributed by atoms with E-state index in [4.69, 9.17) is 16.3 Å². The van der Waals surface area contributed by atoms with E-state index >= 15 is 0 Å². The predicted octanol–water partition coefficient (Wildman–Crippen LogP) is 5.32. The van der Waals surface area contributed by atoms with Crippen LogP contribution in [0.5, 0.6) is 5.75 Å². The molecule has 4 aromatic rings. The molecule has 0 spiro atoms. The van der Waals surface area contributed by atoms with E-state index < -0.39 is 28.5 Å². The quantitative estimate of drug-likeness (QED) is 0.219. The third-order valence-corrected chi connectivity index (χ3v) is 8.84. The molecule has 0 aliphatic heterocycles. The van der Waals surface area contributed by atoms with Gasteiger partial charge in [0.05, 0.1) is 17.7 Å². The van der Waals surface area contributed by atoms with Gasteiger partial charge in [-0.2, -0.15) is 0 Å². The van der Waals surface area contributed by atoms with Crippen molar-refractivity contribution in [3.63, 3.8) is 0 Å². The highest BCUT2D eigenvalue weighted by atomic mass is 35.5. The topological polar surface area (TPSA) is 96.0 Å². The maximum atomic E-state index is 14.4. The molecule has 1 atom stereocenters. The standard InChI is InChI=1S/C33H34ClN3O5S/c1-3-35-33(39)31(21-25-12-6-4-7-13-25)36(23-26-14-10-17-29(20-26)42-2)32(38)24-37(28-16-11-15-27(34)22-28)43(40,41)30-18-8-5-9-19-30/h4-20,22,31H,3,21,23-24H2,1-2H3,(H,35,39)/t31-/m1/s1. The number of rotatable bonds is 13. The molecule has 4 aromatic carbocycles. The summed E-state index contributed by atoms with van der Waals surface area (Å²) in [6.07, 6.45) is 0.227. The summed E-state index contributed by atoms with van der Waals surface area (Å²) in [4.78, 5) is 29.4. The number of nitrogens with one attached hydrogen (secondary N) is 1. The molecule has 0 fully saturated rings. The van der Waals surface area contributed by atoms with Crippen molar-refractivity contribution >= 4 is 39.1 Å². The summed E-state index contributed by atoms with van der Waals surface area (Å²) in [5.41, 5.74) is 1.80. The Hall–Kier alpha value is -4.34. The lowest BCUT2D eigenvalue weighted by Crippen LogP contribution is -2.53. The van der Waals surface area contributed by atoms with Crippen molar-refractivity contribution in [2.75, 3.05) is 24.5 Å². The smallest absolute Gasteiger partial charge is 0.264 e. The van der Waals surface area contributed by atoms with Crippen molar-refractivity contribution in [3.8, 4) is 5.75 Å². The third kappa shape index (κ3) is 8.15. The lowest BCUT2D eigenvalue weighted by atomic mass is 10.0. The molecule has 0 heterocycles. The predicted molar refractivity (Wildman–Crippen MR) is 169 cm³/mol. The molecule has 0 radical (unpaired) electrons. The lowest BCUT2D eigenvalue weighted by Gasteiger charge is -2.34. The Morgan fingerprint density at radius 2 is 1.51 bits per heavy atom. The zero-order valence-corrected chi connectivity index (χ0v) is 25.6. The van der Waals surface area contributed by atoms with Crippen LogP contribution in [0.15, 0.2) is 114 Å². The van der Waals surface area contributed by atoms with Crippen molar-refractivity contribution in [1.82, 2.24) is 10.2 Å². The maximum absolute atomic E-state index is 14.4. The normalized spacial score (nSPS) is 11.8. The molecule has 0 saturated heterocycles. The number of hydrogen-bond acceptors (Lipinski definition) is 5. The average molecular weight is 620 g/mol. The van der Waals surface area contributed by atoms with E-state index in [9.17, 15) is 18.0 Å². The summed E-state index contributed by atoms with van der Waals surface area (Å²) >= 11 is 6.26. The van der Waals surface area contributed by atoms with Gasteiger partial charge in [0.25, 0.3) is 10.0 Å². The van der Waals surface area contributed by atoms with Gasteiger partial charge in [0.2, 0.25) is 11.8 Å². The van der Waals surface area contributed by atoms with Gasteiger partial charge in [-0.1, -0.05) is 78.3 Å². The number of nitrogens with zero attached hydrogens (tertiary/aromatic N) is 2. The number of carbonyl (C=O) groups is 2. The summed E-state index contributed by atoms with van der Waals surface area (Å²) in [5.74, 6) is -0.313. The van der Waals surface area contributed by atoms with E-state index in [1.807, 2.05) is 36.4 Å². The van der Waals surface area contributed by atoms with Crippen LogP contribution in [0.3, 0.4) is 0 Å². The number of methoxy groups -OCH3 is 1. The molecule has 224 valence electrons. The molecule has 0 saturated carbocycles. The number of sulfonamides is 1. The van der Waals surface area contributed by atoms with Gasteiger partial charge in [-0.05, 0) is 60.5 Å². The van der Waals surface area contributed by atoms with Crippen LogP contribution >= 0.6 is 11.6 Å². The van der Waals surface area contributed by atoms with Gasteiger partial charge in [0.15, 0.2) is 0 Å². The summed E-state index contributed by atoms with van der Waals surface area (Å²) in [6.45, 7) is 1.65. The minimum atomic E-state index is -4.19. The van der Waals surface area contributed by atoms with Crippen LogP contribution in [0.4, 0.5) is 5.69 Å². The molecule has 0 aliphatic rings. The number of amides is 2. The largest absolute Gasteiger partial charge is 0.497 e.